The number of hydrogen-bond donors (Lipinski definition) is 0. The Morgan fingerprint density at radius 3 is 2.71 bits per heavy atom. The van der Waals surface area contributed by atoms with Gasteiger partial charge in [-0.25, -0.2) is 0 Å². The Balaban J connectivity index is 2.12. The highest BCUT2D eigenvalue weighted by Crippen LogP contribution is 2.49. The molecule has 86 valence electrons. The van der Waals surface area contributed by atoms with E-state index >= 15 is 0 Å². The molecule has 0 spiro atoms. The number of rotatable bonds is 1. The van der Waals surface area contributed by atoms with E-state index in [-0.39, 0.29) is 5.92 Å². The van der Waals surface area contributed by atoms with Crippen molar-refractivity contribution in [2.45, 2.75) is 17.7 Å². The van der Waals surface area contributed by atoms with Crippen molar-refractivity contribution in [3.63, 3.8) is 0 Å². The maximum absolute atomic E-state index is 6.71. The minimum absolute atomic E-state index is 0.188. The van der Waals surface area contributed by atoms with Gasteiger partial charge >= 0.3 is 0 Å². The van der Waals surface area contributed by atoms with Crippen molar-refractivity contribution in [3.8, 4) is 0 Å². The van der Waals surface area contributed by atoms with E-state index in [2.05, 4.69) is 37.3 Å². The van der Waals surface area contributed by atoms with Crippen LogP contribution in [0, 0.1) is 0 Å². The second-order valence-electron chi connectivity index (χ2n) is 4.64. The fraction of sp³-hybridized carbons (Fsp3) is 0.200. The van der Waals surface area contributed by atoms with Crippen molar-refractivity contribution in [2.24, 2.45) is 0 Å². The fourth-order valence-corrected chi connectivity index (χ4v) is 3.53. The molecule has 1 aromatic rings. The maximum atomic E-state index is 6.71. The Morgan fingerprint density at radius 2 is 2.00 bits per heavy atom. The van der Waals surface area contributed by atoms with E-state index < -0.39 is 4.87 Å². The molecule has 0 fully saturated rings. The topological polar surface area (TPSA) is 0 Å². The predicted molar refractivity (Wildman–Crippen MR) is 74.5 cm³/mol. The highest BCUT2D eigenvalue weighted by Gasteiger charge is 2.40. The van der Waals surface area contributed by atoms with Crippen LogP contribution in [0.2, 0.25) is 0 Å². The maximum Gasteiger partial charge on any atom is 0.0932 e. The number of hydrogen-bond acceptors (Lipinski definition) is 0. The summed E-state index contributed by atoms with van der Waals surface area (Å²) in [5, 5.41) is 0.720. The van der Waals surface area contributed by atoms with Crippen molar-refractivity contribution >= 4 is 29.3 Å². The van der Waals surface area contributed by atoms with Crippen LogP contribution in [0.15, 0.2) is 53.1 Å². The van der Waals surface area contributed by atoms with Crippen LogP contribution in [-0.2, 0) is 0 Å². The van der Waals surface area contributed by atoms with Gasteiger partial charge < -0.3 is 0 Å². The van der Waals surface area contributed by atoms with Gasteiger partial charge in [0.2, 0.25) is 0 Å². The molecule has 0 amide bonds. The van der Waals surface area contributed by atoms with E-state index in [9.17, 15) is 0 Å². The van der Waals surface area contributed by atoms with Crippen LogP contribution in [0.5, 0.6) is 0 Å². The van der Waals surface area contributed by atoms with Crippen molar-refractivity contribution in [1.82, 2.24) is 0 Å². The molecule has 0 saturated carbocycles. The van der Waals surface area contributed by atoms with Crippen LogP contribution in [0.3, 0.4) is 0 Å². The average molecular weight is 263 g/mol. The number of benzene rings is 1. The van der Waals surface area contributed by atoms with Gasteiger partial charge in [-0.05, 0) is 30.2 Å². The van der Waals surface area contributed by atoms with Gasteiger partial charge in [0.15, 0.2) is 0 Å². The second kappa shape index (κ2) is 3.76. The zero-order valence-corrected chi connectivity index (χ0v) is 11.0. The zero-order chi connectivity index (χ0) is 12.0. The molecule has 17 heavy (non-hydrogen) atoms. The Morgan fingerprint density at radius 1 is 1.24 bits per heavy atom. The van der Waals surface area contributed by atoms with E-state index in [4.69, 9.17) is 23.2 Å². The van der Waals surface area contributed by atoms with E-state index in [0.29, 0.717) is 0 Å². The summed E-state index contributed by atoms with van der Waals surface area (Å²) in [4.78, 5) is -0.510. The summed E-state index contributed by atoms with van der Waals surface area (Å²) in [7, 11) is 0. The van der Waals surface area contributed by atoms with Crippen LogP contribution in [-0.4, -0.2) is 4.87 Å². The first-order chi connectivity index (χ1) is 8.10. The Hall–Kier alpha value is -0.980. The summed E-state index contributed by atoms with van der Waals surface area (Å²) in [5.74, 6) is 0.188. The van der Waals surface area contributed by atoms with Crippen LogP contribution in [0.25, 0.3) is 6.08 Å². The number of halogens is 2. The predicted octanol–water partition coefficient (Wildman–Crippen LogP) is 4.86. The minimum atomic E-state index is -0.510. The highest BCUT2D eigenvalue weighted by atomic mass is 35.5. The molecule has 0 saturated heterocycles. The standard InChI is InChI=1S/C15H12Cl2/c1-10-8-11-4-2-3-5-13(11)14(10)15(17)7-6-12(16)9-15/h2-9,14H,1H3. The van der Waals surface area contributed by atoms with Gasteiger partial charge in [0.25, 0.3) is 0 Å². The Bertz CT molecular complexity index is 566. The third kappa shape index (κ3) is 1.67. The molecule has 0 nitrogen and oxygen atoms in total. The van der Waals surface area contributed by atoms with E-state index in [1.165, 1.54) is 16.7 Å². The molecule has 2 atom stereocenters. The van der Waals surface area contributed by atoms with Gasteiger partial charge in [0.1, 0.15) is 0 Å². The van der Waals surface area contributed by atoms with E-state index in [1.807, 2.05) is 18.2 Å². The van der Waals surface area contributed by atoms with Gasteiger partial charge in [-0.3, -0.25) is 0 Å². The number of fused-ring (bicyclic) bond motifs is 1. The molecular formula is C15H12Cl2. The molecule has 2 unspecified atom stereocenters. The lowest BCUT2D eigenvalue weighted by Crippen LogP contribution is -2.24. The van der Waals surface area contributed by atoms with Gasteiger partial charge in [-0.15, -0.1) is 11.6 Å². The third-order valence-corrected chi connectivity index (χ3v) is 4.13. The summed E-state index contributed by atoms with van der Waals surface area (Å²) >= 11 is 12.7. The minimum Gasteiger partial charge on any atom is -0.109 e. The van der Waals surface area contributed by atoms with Gasteiger partial charge in [-0.1, -0.05) is 53.6 Å². The van der Waals surface area contributed by atoms with Crippen molar-refractivity contribution in [2.75, 3.05) is 0 Å². The fourth-order valence-electron chi connectivity index (χ4n) is 2.76. The molecule has 0 radical (unpaired) electrons. The molecule has 0 bridgehead atoms. The van der Waals surface area contributed by atoms with Crippen LogP contribution in [0.4, 0.5) is 0 Å². The summed E-state index contributed by atoms with van der Waals surface area (Å²) in [6.07, 6.45) is 8.00. The number of alkyl halides is 1. The summed E-state index contributed by atoms with van der Waals surface area (Å²) in [6.45, 7) is 2.13. The summed E-state index contributed by atoms with van der Waals surface area (Å²) in [5.41, 5.74) is 3.83. The average Bonchev–Trinajstić information content (AvgIpc) is 2.78. The highest BCUT2D eigenvalue weighted by molar-refractivity contribution is 6.35. The van der Waals surface area contributed by atoms with Crippen molar-refractivity contribution in [1.29, 1.82) is 0 Å². The molecule has 0 heterocycles. The Labute approximate surface area is 111 Å². The van der Waals surface area contributed by atoms with E-state index in [0.717, 1.165) is 5.03 Å². The quantitative estimate of drug-likeness (QED) is 0.635. The van der Waals surface area contributed by atoms with Crippen molar-refractivity contribution < 1.29 is 0 Å². The molecule has 0 aromatic heterocycles. The van der Waals surface area contributed by atoms with Crippen molar-refractivity contribution in [3.05, 3.63) is 64.2 Å². The monoisotopic (exact) mass is 262 g/mol. The van der Waals surface area contributed by atoms with Gasteiger partial charge in [0, 0.05) is 11.0 Å². The lowest BCUT2D eigenvalue weighted by Gasteiger charge is -2.27. The third-order valence-electron chi connectivity index (χ3n) is 3.45. The lowest BCUT2D eigenvalue weighted by molar-refractivity contribution is 0.727. The van der Waals surface area contributed by atoms with Crippen LogP contribution in [0.1, 0.15) is 24.0 Å². The SMILES string of the molecule is CC1=Cc2ccccc2C1C1(Cl)C=CC(Cl)=C1. The second-order valence-corrected chi connectivity index (χ2v) is 5.73. The summed E-state index contributed by atoms with van der Waals surface area (Å²) < 4.78 is 0. The number of allylic oxidation sites excluding steroid dienone is 5. The largest absolute Gasteiger partial charge is 0.109 e. The molecular weight excluding hydrogens is 251 g/mol. The first-order valence-electron chi connectivity index (χ1n) is 5.64. The lowest BCUT2D eigenvalue weighted by atomic mass is 9.84. The first kappa shape index (κ1) is 11.1. The normalized spacial score (nSPS) is 30.2. The molecule has 2 heteroatoms. The zero-order valence-electron chi connectivity index (χ0n) is 9.45. The first-order valence-corrected chi connectivity index (χ1v) is 6.39. The molecule has 2 aliphatic carbocycles. The molecule has 0 N–H and O–H groups in total. The molecule has 0 aliphatic heterocycles. The van der Waals surface area contributed by atoms with Gasteiger partial charge in [0.05, 0.1) is 4.87 Å². The molecule has 2 aliphatic rings. The molecule has 1 aromatic carbocycles. The smallest absolute Gasteiger partial charge is 0.0932 e. The van der Waals surface area contributed by atoms with Crippen LogP contribution >= 0.6 is 23.2 Å². The van der Waals surface area contributed by atoms with E-state index in [1.54, 1.807) is 0 Å². The summed E-state index contributed by atoms with van der Waals surface area (Å²) in [6, 6.07) is 8.38. The van der Waals surface area contributed by atoms with Crippen LogP contribution < -0.4 is 0 Å². The Kier molecular flexibility index (Phi) is 2.46. The van der Waals surface area contributed by atoms with Gasteiger partial charge in [-0.2, -0.15) is 0 Å². The molecule has 3 rings (SSSR count).